The molecule has 0 spiro atoms. The number of nitrogens with zero attached hydrogens (tertiary/aromatic N) is 1. The number of fused-ring (bicyclic) bond motifs is 1. The van der Waals surface area contributed by atoms with E-state index in [1.807, 2.05) is 13.8 Å². The Balaban J connectivity index is 0.00000116. The van der Waals surface area contributed by atoms with E-state index in [4.69, 9.17) is 0 Å². The Kier molecular flexibility index (Phi) is 5.82. The molecule has 0 saturated carbocycles. The van der Waals surface area contributed by atoms with Crippen molar-refractivity contribution in [2.75, 3.05) is 0 Å². The van der Waals surface area contributed by atoms with Crippen molar-refractivity contribution >= 4 is 10.9 Å². The van der Waals surface area contributed by atoms with Crippen LogP contribution in [0.4, 0.5) is 22.0 Å². The zero-order chi connectivity index (χ0) is 17.0. The van der Waals surface area contributed by atoms with Gasteiger partial charge >= 0.3 is 12.3 Å². The van der Waals surface area contributed by atoms with Crippen molar-refractivity contribution in [3.63, 3.8) is 0 Å². The molecule has 0 radical (unpaired) electrons. The van der Waals surface area contributed by atoms with Gasteiger partial charge in [0.05, 0.1) is 12.1 Å². The Labute approximate surface area is 124 Å². The summed E-state index contributed by atoms with van der Waals surface area (Å²) in [5.41, 5.74) is -1.03. The molecule has 0 aliphatic heterocycles. The third kappa shape index (κ3) is 4.91. The lowest BCUT2D eigenvalue weighted by atomic mass is 10.1. The van der Waals surface area contributed by atoms with Gasteiger partial charge in [-0.1, -0.05) is 32.0 Å². The minimum atomic E-state index is -4.65. The van der Waals surface area contributed by atoms with Crippen LogP contribution in [0.5, 0.6) is 0 Å². The number of halogens is 5. The molecule has 2 aromatic rings. The molecule has 1 aromatic heterocycles. The first-order valence-electron chi connectivity index (χ1n) is 6.64. The number of rotatable bonds is 3. The molecule has 122 valence electrons. The number of ether oxygens (including phenoxy) is 1. The third-order valence-electron chi connectivity index (χ3n) is 2.57. The zero-order valence-electron chi connectivity index (χ0n) is 12.3. The Bertz CT molecular complexity index is 619. The van der Waals surface area contributed by atoms with Crippen LogP contribution in [0.25, 0.3) is 10.9 Å². The topological polar surface area (TPSA) is 22.1 Å². The van der Waals surface area contributed by atoms with Gasteiger partial charge in [0.15, 0.2) is 0 Å². The van der Waals surface area contributed by atoms with Crippen molar-refractivity contribution in [2.24, 2.45) is 0 Å². The normalized spacial score (nSPS) is 12.0. The van der Waals surface area contributed by atoms with Gasteiger partial charge in [-0.15, -0.1) is 0 Å². The van der Waals surface area contributed by atoms with E-state index in [9.17, 15) is 22.0 Å². The first kappa shape index (κ1) is 18.3. The molecule has 0 aliphatic rings. The van der Waals surface area contributed by atoms with E-state index in [-0.39, 0.29) is 11.1 Å². The summed E-state index contributed by atoms with van der Waals surface area (Å²) in [6.07, 6.45) is -8.06. The van der Waals surface area contributed by atoms with Crippen molar-refractivity contribution < 1.29 is 26.7 Å². The summed E-state index contributed by atoms with van der Waals surface area (Å²) in [7, 11) is 0. The molecular formula is C15H16F5NO. The number of hydrogen-bond donors (Lipinski definition) is 0. The summed E-state index contributed by atoms with van der Waals surface area (Å²) >= 11 is 0. The van der Waals surface area contributed by atoms with Crippen LogP contribution in [0.2, 0.25) is 0 Å². The van der Waals surface area contributed by atoms with Crippen LogP contribution in [-0.4, -0.2) is 11.1 Å². The summed E-state index contributed by atoms with van der Waals surface area (Å²) in [4.78, 5) is 3.48. The summed E-state index contributed by atoms with van der Waals surface area (Å²) in [6, 6.07) is 6.74. The van der Waals surface area contributed by atoms with Gasteiger partial charge < -0.3 is 4.74 Å². The highest BCUT2D eigenvalue weighted by atomic mass is 19.4. The molecule has 0 fully saturated rings. The van der Waals surface area contributed by atoms with Crippen LogP contribution in [0.3, 0.4) is 0 Å². The number of alkyl halides is 5. The minimum absolute atomic E-state index is 0.0180. The highest BCUT2D eigenvalue weighted by Gasteiger charge is 2.33. The molecule has 2 nitrogen and oxygen atoms in total. The average Bonchev–Trinajstić information content (AvgIpc) is 2.45. The molecule has 0 N–H and O–H groups in total. The van der Waals surface area contributed by atoms with Crippen molar-refractivity contribution in [2.45, 2.75) is 39.7 Å². The van der Waals surface area contributed by atoms with E-state index in [0.29, 0.717) is 12.3 Å². The van der Waals surface area contributed by atoms with Gasteiger partial charge in [-0.05, 0) is 17.7 Å². The molecule has 0 unspecified atom stereocenters. The number of pyridine rings is 1. The predicted molar refractivity (Wildman–Crippen MR) is 73.5 cm³/mol. The lowest BCUT2D eigenvalue weighted by Crippen LogP contribution is -2.16. The molecule has 0 aliphatic carbocycles. The highest BCUT2D eigenvalue weighted by molar-refractivity contribution is 5.82. The zero-order valence-corrected chi connectivity index (χ0v) is 12.3. The Morgan fingerprint density at radius 1 is 1.05 bits per heavy atom. The van der Waals surface area contributed by atoms with Crippen molar-refractivity contribution in [3.05, 3.63) is 41.6 Å². The second-order valence-electron chi connectivity index (χ2n) is 4.28. The van der Waals surface area contributed by atoms with E-state index in [1.54, 1.807) is 6.07 Å². The van der Waals surface area contributed by atoms with Gasteiger partial charge in [0.1, 0.15) is 5.69 Å². The van der Waals surface area contributed by atoms with Crippen LogP contribution < -0.4 is 0 Å². The number of benzene rings is 1. The summed E-state index contributed by atoms with van der Waals surface area (Å²) < 4.78 is 67.8. The molecule has 0 saturated heterocycles. The first-order valence-corrected chi connectivity index (χ1v) is 6.64. The summed E-state index contributed by atoms with van der Waals surface area (Å²) in [5.74, 6) is 0. The number of hydrogen-bond acceptors (Lipinski definition) is 2. The predicted octanol–water partition coefficient (Wildman–Crippen LogP) is 5.41. The van der Waals surface area contributed by atoms with E-state index < -0.39 is 24.6 Å². The molecule has 0 bridgehead atoms. The van der Waals surface area contributed by atoms with E-state index >= 15 is 0 Å². The Morgan fingerprint density at radius 3 is 2.18 bits per heavy atom. The van der Waals surface area contributed by atoms with Crippen molar-refractivity contribution in [3.8, 4) is 0 Å². The highest BCUT2D eigenvalue weighted by Crippen LogP contribution is 2.31. The second kappa shape index (κ2) is 7.00. The van der Waals surface area contributed by atoms with Crippen LogP contribution in [-0.2, 0) is 17.5 Å². The molecule has 2 rings (SSSR count). The van der Waals surface area contributed by atoms with Crippen molar-refractivity contribution in [1.82, 2.24) is 4.98 Å². The third-order valence-corrected chi connectivity index (χ3v) is 2.57. The molecule has 7 heteroatoms. The van der Waals surface area contributed by atoms with Crippen molar-refractivity contribution in [1.29, 1.82) is 0 Å². The van der Waals surface area contributed by atoms with Gasteiger partial charge in [0, 0.05) is 12.3 Å². The molecule has 0 atom stereocenters. The van der Waals surface area contributed by atoms with Crippen LogP contribution in [0.15, 0.2) is 30.3 Å². The minimum Gasteiger partial charge on any atom is -0.316 e. The second-order valence-corrected chi connectivity index (χ2v) is 4.28. The van der Waals surface area contributed by atoms with Crippen LogP contribution in [0.1, 0.15) is 32.0 Å². The first-order chi connectivity index (χ1) is 10.2. The molecule has 1 aromatic carbocycles. The maximum Gasteiger partial charge on any atom is 0.433 e. The van der Waals surface area contributed by atoms with Gasteiger partial charge in [-0.2, -0.15) is 22.0 Å². The monoisotopic (exact) mass is 321 g/mol. The van der Waals surface area contributed by atoms with Gasteiger partial charge in [-0.3, -0.25) is 0 Å². The maximum absolute atomic E-state index is 12.7. The largest absolute Gasteiger partial charge is 0.433 e. The summed E-state index contributed by atoms with van der Waals surface area (Å²) in [6.45, 7) is 3.90. The lowest BCUT2D eigenvalue weighted by molar-refractivity contribution is -0.231. The van der Waals surface area contributed by atoms with Gasteiger partial charge in [-0.25, -0.2) is 4.98 Å². The Hall–Kier alpha value is -1.76. The fourth-order valence-electron chi connectivity index (χ4n) is 1.72. The van der Waals surface area contributed by atoms with Gasteiger partial charge in [0.25, 0.3) is 0 Å². The fourth-order valence-corrected chi connectivity index (χ4v) is 1.72. The SMILES string of the molecule is CC.CC(F)(F)OCc1cc(C(F)(F)F)nc2ccccc12. The van der Waals surface area contributed by atoms with Crippen LogP contribution in [0, 0.1) is 0 Å². The Morgan fingerprint density at radius 2 is 1.64 bits per heavy atom. The lowest BCUT2D eigenvalue weighted by Gasteiger charge is -2.14. The molecule has 22 heavy (non-hydrogen) atoms. The number of para-hydroxylation sites is 1. The standard InChI is InChI=1S/C13H10F5NO.C2H6/c1-12(14,15)20-7-8-6-11(13(16,17)18)19-10-5-3-2-4-9(8)10;1-2/h2-6H,7H2,1H3;1-2H3. The summed E-state index contributed by atoms with van der Waals surface area (Å²) in [5, 5.41) is 0.352. The smallest absolute Gasteiger partial charge is 0.316 e. The maximum atomic E-state index is 12.7. The van der Waals surface area contributed by atoms with E-state index in [2.05, 4.69) is 9.72 Å². The fraction of sp³-hybridized carbons (Fsp3) is 0.400. The van der Waals surface area contributed by atoms with Crippen LogP contribution >= 0.6 is 0 Å². The molecule has 0 amide bonds. The molecule has 1 heterocycles. The van der Waals surface area contributed by atoms with E-state index in [0.717, 1.165) is 6.07 Å². The molecular weight excluding hydrogens is 305 g/mol. The van der Waals surface area contributed by atoms with Gasteiger partial charge in [0.2, 0.25) is 0 Å². The quantitative estimate of drug-likeness (QED) is 0.705. The average molecular weight is 321 g/mol. The van der Waals surface area contributed by atoms with E-state index in [1.165, 1.54) is 18.2 Å². The number of aromatic nitrogens is 1.